The number of rotatable bonds is 8. The van der Waals surface area contributed by atoms with Crippen molar-refractivity contribution < 1.29 is 42.9 Å². The molecule has 0 unspecified atom stereocenters. The van der Waals surface area contributed by atoms with E-state index >= 15 is 4.79 Å². The number of aliphatic hydroxyl groups excluding tert-OH is 1. The average Bonchev–Trinajstić information content (AvgIpc) is 3.65. The van der Waals surface area contributed by atoms with Crippen molar-refractivity contribution in [1.82, 2.24) is 0 Å². The van der Waals surface area contributed by atoms with Gasteiger partial charge in [0.1, 0.15) is 30.2 Å². The number of fused-ring (bicyclic) bond motifs is 1. The number of carbonyl (C=O) groups excluding carboxylic acids is 3. The van der Waals surface area contributed by atoms with Gasteiger partial charge < -0.3 is 28.5 Å². The van der Waals surface area contributed by atoms with Gasteiger partial charge in [0.25, 0.3) is 0 Å². The van der Waals surface area contributed by atoms with E-state index in [-0.39, 0.29) is 36.6 Å². The van der Waals surface area contributed by atoms with Gasteiger partial charge in [0.15, 0.2) is 11.9 Å². The van der Waals surface area contributed by atoms with Crippen LogP contribution in [0.4, 0.5) is 0 Å². The van der Waals surface area contributed by atoms with Gasteiger partial charge in [-0.25, -0.2) is 4.79 Å². The van der Waals surface area contributed by atoms with Crippen LogP contribution in [-0.4, -0.2) is 58.9 Å². The van der Waals surface area contributed by atoms with E-state index in [9.17, 15) is 14.7 Å². The maximum absolute atomic E-state index is 15.3. The van der Waals surface area contributed by atoms with Crippen molar-refractivity contribution in [3.63, 3.8) is 0 Å². The topological polar surface area (TPSA) is 125 Å². The Kier molecular flexibility index (Phi) is 8.01. The molecule has 12 atom stereocenters. The summed E-state index contributed by atoms with van der Waals surface area (Å²) in [5.41, 5.74) is -2.71. The predicted octanol–water partition coefficient (Wildman–Crippen LogP) is 6.87. The summed E-state index contributed by atoms with van der Waals surface area (Å²) in [6, 6.07) is 12.5. The van der Waals surface area contributed by atoms with Crippen LogP contribution in [0.15, 0.2) is 47.1 Å². The summed E-state index contributed by atoms with van der Waals surface area (Å²) in [5, 5.41) is 13.2. The Hall–Kier alpha value is -3.01. The number of ketones is 1. The van der Waals surface area contributed by atoms with Crippen molar-refractivity contribution >= 4 is 17.7 Å². The van der Waals surface area contributed by atoms with Crippen molar-refractivity contribution in [3.8, 4) is 0 Å². The van der Waals surface area contributed by atoms with E-state index in [0.29, 0.717) is 18.8 Å². The SMILES string of the molecule is CCCCCc1occc1[C@@H]1OC(=O)[C@H]2O[C@]23[C@]2([C@H]4CCC[C@H](Cc5ccccc5)C4)[C@H](O)C(=O)[C@@H]4C(C)(C)O[C@H]5CC(=O)OC[C@]54[C@H]2CC[C@@]13C. The smallest absolute Gasteiger partial charge is 0.339 e. The van der Waals surface area contributed by atoms with Crippen molar-refractivity contribution in [1.29, 1.82) is 0 Å². The minimum absolute atomic E-state index is 0.0598. The number of aliphatic hydroxyl groups is 1. The molecule has 3 saturated carbocycles. The summed E-state index contributed by atoms with van der Waals surface area (Å²) in [6.07, 6.45) is 7.90. The number of hydrogen-bond donors (Lipinski definition) is 1. The lowest BCUT2D eigenvalue weighted by Crippen LogP contribution is -2.79. The van der Waals surface area contributed by atoms with Crippen LogP contribution in [0.2, 0.25) is 0 Å². The van der Waals surface area contributed by atoms with E-state index in [1.165, 1.54) is 5.56 Å². The molecule has 7 fully saturated rings. The van der Waals surface area contributed by atoms with Crippen LogP contribution < -0.4 is 0 Å². The monoisotopic (exact) mass is 714 g/mol. The van der Waals surface area contributed by atoms with E-state index in [1.807, 2.05) is 26.0 Å². The second kappa shape index (κ2) is 12.0. The van der Waals surface area contributed by atoms with Crippen LogP contribution in [0.3, 0.4) is 0 Å². The van der Waals surface area contributed by atoms with Crippen LogP contribution in [-0.2, 0) is 46.2 Å². The van der Waals surface area contributed by atoms with Crippen LogP contribution in [0.25, 0.3) is 0 Å². The Bertz CT molecular complexity index is 1750. The normalized spacial score (nSPS) is 44.4. The molecule has 1 aromatic heterocycles. The van der Waals surface area contributed by atoms with Crippen molar-refractivity contribution in [2.24, 2.45) is 39.9 Å². The van der Waals surface area contributed by atoms with Gasteiger partial charge in [-0.15, -0.1) is 0 Å². The number of esters is 2. The number of ether oxygens (including phenoxy) is 4. The largest absolute Gasteiger partial charge is 0.469 e. The number of furan rings is 1. The number of epoxide rings is 1. The second-order valence-electron chi connectivity index (χ2n) is 18.1. The van der Waals surface area contributed by atoms with Gasteiger partial charge in [-0.05, 0) is 81.8 Å². The summed E-state index contributed by atoms with van der Waals surface area (Å²) in [4.78, 5) is 42.6. The predicted molar refractivity (Wildman–Crippen MR) is 189 cm³/mol. The standard InChI is InChI=1S/C43H54O9/c1-5-6-8-16-29-28(18-20-48-29)36-40(4)19-17-30-41-24-49-32(44)23-31(41)51-39(2,3)34(41)33(45)35(46)42(30,43(40)37(52-43)38(47)50-36)27-15-11-14-26(22-27)21-25-12-9-7-10-13-25/h7,9-10,12-13,18,20,26-27,30-31,34-37,46H,5-6,8,11,14-17,19,21-24H2,1-4H3/t26-,27+,30-,31+,34-,35-,36+,37-,40+,41+,42+,43-/m1/s1. The summed E-state index contributed by atoms with van der Waals surface area (Å²) in [6.45, 7) is 8.24. The van der Waals surface area contributed by atoms with E-state index in [4.69, 9.17) is 23.4 Å². The fourth-order valence-corrected chi connectivity index (χ4v) is 13.6. The number of aryl methyl sites for hydroxylation is 1. The Labute approximate surface area is 306 Å². The highest BCUT2D eigenvalue weighted by atomic mass is 16.7. The van der Waals surface area contributed by atoms with Crippen LogP contribution in [0.5, 0.6) is 0 Å². The molecule has 5 heterocycles. The first-order chi connectivity index (χ1) is 25.0. The Balaban J connectivity index is 1.23. The fourth-order valence-electron chi connectivity index (χ4n) is 13.6. The van der Waals surface area contributed by atoms with Gasteiger partial charge >= 0.3 is 11.9 Å². The fraction of sp³-hybridized carbons (Fsp3) is 0.698. The first-order valence-electron chi connectivity index (χ1n) is 20.0. The number of unbranched alkanes of at least 4 members (excludes halogenated alkanes) is 2. The van der Waals surface area contributed by atoms with Gasteiger partial charge in [0.05, 0.1) is 30.3 Å². The van der Waals surface area contributed by atoms with Crippen LogP contribution in [0.1, 0.15) is 115 Å². The molecule has 9 rings (SSSR count). The molecule has 7 aliphatic rings. The molecule has 9 nitrogen and oxygen atoms in total. The summed E-state index contributed by atoms with van der Waals surface area (Å²) in [7, 11) is 0. The number of hydrogen-bond acceptors (Lipinski definition) is 9. The highest BCUT2D eigenvalue weighted by molar-refractivity contribution is 5.92. The third kappa shape index (κ3) is 4.42. The molecule has 4 aliphatic heterocycles. The molecule has 2 aromatic rings. The van der Waals surface area contributed by atoms with Gasteiger partial charge in [-0.3, -0.25) is 9.59 Å². The zero-order valence-electron chi connectivity index (χ0n) is 31.1. The van der Waals surface area contributed by atoms with Crippen molar-refractivity contribution in [3.05, 3.63) is 59.5 Å². The first kappa shape index (κ1) is 34.7. The van der Waals surface area contributed by atoms with E-state index in [0.717, 1.165) is 69.1 Å². The minimum atomic E-state index is -1.39. The second-order valence-corrected chi connectivity index (χ2v) is 18.1. The molecule has 1 N–H and O–H groups in total. The highest BCUT2D eigenvalue weighted by Crippen LogP contribution is 2.82. The molecule has 0 amide bonds. The zero-order chi connectivity index (χ0) is 36.3. The Morgan fingerprint density at radius 2 is 1.75 bits per heavy atom. The number of benzene rings is 1. The molecule has 52 heavy (non-hydrogen) atoms. The first-order valence-corrected chi connectivity index (χ1v) is 20.0. The Morgan fingerprint density at radius 1 is 0.942 bits per heavy atom. The number of carbonyl (C=O) groups is 3. The van der Waals surface area contributed by atoms with Gasteiger partial charge in [-0.2, -0.15) is 0 Å². The lowest BCUT2D eigenvalue weighted by molar-refractivity contribution is -0.276. The third-order valence-electron chi connectivity index (χ3n) is 15.3. The summed E-state index contributed by atoms with van der Waals surface area (Å²) < 4.78 is 32.2. The number of Topliss-reactive ketones (excluding diaryl/α,β-unsaturated/α-hetero) is 1. The quantitative estimate of drug-likeness (QED) is 0.177. The molecule has 3 aliphatic carbocycles. The zero-order valence-corrected chi connectivity index (χ0v) is 31.1. The molecule has 2 spiro atoms. The molecule has 9 heteroatoms. The lowest BCUT2D eigenvalue weighted by Gasteiger charge is -2.70. The minimum Gasteiger partial charge on any atom is -0.469 e. The highest BCUT2D eigenvalue weighted by Gasteiger charge is 2.92. The van der Waals surface area contributed by atoms with Gasteiger partial charge in [0, 0.05) is 28.2 Å². The van der Waals surface area contributed by atoms with E-state index in [2.05, 4.69) is 38.1 Å². The van der Waals surface area contributed by atoms with Crippen LogP contribution in [0, 0.1) is 39.9 Å². The lowest BCUT2D eigenvalue weighted by atomic mass is 9.32. The van der Waals surface area contributed by atoms with Crippen molar-refractivity contribution in [2.75, 3.05) is 6.61 Å². The molecular weight excluding hydrogens is 660 g/mol. The van der Waals surface area contributed by atoms with Crippen molar-refractivity contribution in [2.45, 2.75) is 140 Å². The number of cyclic esters (lactones) is 2. The summed E-state index contributed by atoms with van der Waals surface area (Å²) in [5.74, 6) is -0.963. The maximum Gasteiger partial charge on any atom is 0.339 e. The molecule has 0 bridgehead atoms. The molecular formula is C43H54O9. The molecule has 4 saturated heterocycles. The Morgan fingerprint density at radius 3 is 2.54 bits per heavy atom. The van der Waals surface area contributed by atoms with E-state index in [1.54, 1.807) is 6.26 Å². The third-order valence-corrected chi connectivity index (χ3v) is 15.3. The molecule has 0 radical (unpaired) electrons. The van der Waals surface area contributed by atoms with Gasteiger partial charge in [0.2, 0.25) is 0 Å². The maximum atomic E-state index is 15.3. The average molecular weight is 715 g/mol. The summed E-state index contributed by atoms with van der Waals surface area (Å²) >= 11 is 0. The molecule has 280 valence electrons. The van der Waals surface area contributed by atoms with E-state index < -0.39 is 63.8 Å². The molecule has 1 aromatic carbocycles. The van der Waals surface area contributed by atoms with Gasteiger partial charge in [-0.1, -0.05) is 69.9 Å². The van der Waals surface area contributed by atoms with Crippen LogP contribution >= 0.6 is 0 Å².